The largest absolute Gasteiger partial charge is 0.395 e. The minimum absolute atomic E-state index is 0.378. The van der Waals surface area contributed by atoms with Gasteiger partial charge in [-0.05, 0) is 0 Å². The predicted octanol–water partition coefficient (Wildman–Crippen LogP) is -2.40. The van der Waals surface area contributed by atoms with E-state index in [1.807, 2.05) is 0 Å². The molecule has 2 aliphatic rings. The van der Waals surface area contributed by atoms with Crippen LogP contribution in [0, 0.1) is 0 Å². The van der Waals surface area contributed by atoms with Gasteiger partial charge in [0.15, 0.2) is 12.2 Å². The van der Waals surface area contributed by atoms with Crippen LogP contribution in [-0.4, -0.2) is 29.7 Å². The normalized spacial score (nSPS) is 31.7. The standard InChI is InChI=1S/C7H6N2O4/c8-2-1(7(9)12)3(10)5-6(13-5)4(2)11/h5-6H,8H2,(H2,9,12). The van der Waals surface area contributed by atoms with Gasteiger partial charge in [0.1, 0.15) is 5.57 Å². The van der Waals surface area contributed by atoms with E-state index in [2.05, 4.69) is 0 Å². The third-order valence-electron chi connectivity index (χ3n) is 2.04. The second-order valence-corrected chi connectivity index (χ2v) is 2.86. The van der Waals surface area contributed by atoms with Crippen LogP contribution >= 0.6 is 0 Å². The first-order chi connectivity index (χ1) is 6.04. The zero-order valence-corrected chi connectivity index (χ0v) is 6.44. The van der Waals surface area contributed by atoms with Crippen molar-refractivity contribution < 1.29 is 19.1 Å². The molecule has 0 saturated carbocycles. The van der Waals surface area contributed by atoms with Crippen LogP contribution < -0.4 is 11.5 Å². The van der Waals surface area contributed by atoms with Gasteiger partial charge < -0.3 is 16.2 Å². The summed E-state index contributed by atoms with van der Waals surface area (Å²) in [5, 5.41) is 0. The van der Waals surface area contributed by atoms with Gasteiger partial charge in [0.05, 0.1) is 5.70 Å². The maximum Gasteiger partial charge on any atom is 0.254 e. The third kappa shape index (κ3) is 0.888. The fourth-order valence-corrected chi connectivity index (χ4v) is 1.32. The molecule has 13 heavy (non-hydrogen) atoms. The number of amides is 1. The van der Waals surface area contributed by atoms with Crippen LogP contribution in [0.25, 0.3) is 0 Å². The van der Waals surface area contributed by atoms with Crippen molar-refractivity contribution >= 4 is 17.5 Å². The van der Waals surface area contributed by atoms with Crippen molar-refractivity contribution in [1.29, 1.82) is 0 Å². The summed E-state index contributed by atoms with van der Waals surface area (Å²) < 4.78 is 4.72. The first kappa shape index (κ1) is 7.93. The zero-order valence-electron chi connectivity index (χ0n) is 6.44. The predicted molar refractivity (Wildman–Crippen MR) is 39.1 cm³/mol. The smallest absolute Gasteiger partial charge is 0.254 e. The molecule has 1 saturated heterocycles. The van der Waals surface area contributed by atoms with Crippen LogP contribution in [0.15, 0.2) is 11.3 Å². The van der Waals surface area contributed by atoms with E-state index in [1.165, 1.54) is 0 Å². The first-order valence-corrected chi connectivity index (χ1v) is 3.57. The number of Topliss-reactive ketones (excluding diaryl/α,β-unsaturated/α-hetero) is 2. The van der Waals surface area contributed by atoms with Gasteiger partial charge in [-0.15, -0.1) is 0 Å². The lowest BCUT2D eigenvalue weighted by Crippen LogP contribution is -2.37. The van der Waals surface area contributed by atoms with Gasteiger partial charge in [-0.2, -0.15) is 0 Å². The van der Waals surface area contributed by atoms with E-state index in [0.717, 1.165) is 0 Å². The molecule has 0 aromatic rings. The van der Waals surface area contributed by atoms with Crippen molar-refractivity contribution in [3.8, 4) is 0 Å². The Balaban J connectivity index is 2.51. The van der Waals surface area contributed by atoms with Crippen LogP contribution in [0.4, 0.5) is 0 Å². The Labute approximate surface area is 72.5 Å². The topological polar surface area (TPSA) is 116 Å². The molecule has 1 aliphatic carbocycles. The molecule has 0 aromatic carbocycles. The zero-order chi connectivity index (χ0) is 9.75. The Hall–Kier alpha value is -1.69. The first-order valence-electron chi connectivity index (χ1n) is 3.57. The molecular weight excluding hydrogens is 176 g/mol. The molecule has 68 valence electrons. The van der Waals surface area contributed by atoms with Crippen LogP contribution in [0.3, 0.4) is 0 Å². The quantitative estimate of drug-likeness (QED) is 0.346. The monoisotopic (exact) mass is 182 g/mol. The van der Waals surface area contributed by atoms with E-state index >= 15 is 0 Å². The number of hydrogen-bond acceptors (Lipinski definition) is 5. The summed E-state index contributed by atoms with van der Waals surface area (Å²) in [6, 6.07) is 0. The number of carbonyl (C=O) groups excluding carboxylic acids is 3. The Kier molecular flexibility index (Phi) is 1.32. The minimum atomic E-state index is -0.982. The van der Waals surface area contributed by atoms with Gasteiger partial charge in [-0.25, -0.2) is 0 Å². The molecular formula is C7H6N2O4. The fraction of sp³-hybridized carbons (Fsp3) is 0.286. The summed E-state index contributed by atoms with van der Waals surface area (Å²) in [5.74, 6) is -2.10. The number of epoxide rings is 1. The Morgan fingerprint density at radius 1 is 1.23 bits per heavy atom. The molecule has 1 heterocycles. The van der Waals surface area contributed by atoms with Crippen LogP contribution in [0.2, 0.25) is 0 Å². The summed E-state index contributed by atoms with van der Waals surface area (Å²) >= 11 is 0. The van der Waals surface area contributed by atoms with Crippen molar-refractivity contribution in [3.63, 3.8) is 0 Å². The van der Waals surface area contributed by atoms with Crippen molar-refractivity contribution in [2.24, 2.45) is 11.5 Å². The number of primary amides is 1. The van der Waals surface area contributed by atoms with Crippen LogP contribution in [0.1, 0.15) is 0 Å². The molecule has 0 radical (unpaired) electrons. The SMILES string of the molecule is NC(=O)C1=C(N)C(=O)C2OC2C1=O. The van der Waals surface area contributed by atoms with Gasteiger partial charge in [0.25, 0.3) is 5.91 Å². The van der Waals surface area contributed by atoms with Gasteiger partial charge >= 0.3 is 0 Å². The van der Waals surface area contributed by atoms with E-state index in [4.69, 9.17) is 16.2 Å². The number of hydrogen-bond donors (Lipinski definition) is 2. The molecule has 6 heteroatoms. The highest BCUT2D eigenvalue weighted by atomic mass is 16.6. The number of fused-ring (bicyclic) bond motifs is 1. The summed E-state index contributed by atoms with van der Waals surface area (Å²) in [6.07, 6.45) is -1.61. The third-order valence-corrected chi connectivity index (χ3v) is 2.04. The number of ether oxygens (including phenoxy) is 1. The fourth-order valence-electron chi connectivity index (χ4n) is 1.32. The molecule has 2 rings (SSSR count). The average molecular weight is 182 g/mol. The maximum atomic E-state index is 11.2. The van der Waals surface area contributed by atoms with E-state index < -0.39 is 35.3 Å². The second-order valence-electron chi connectivity index (χ2n) is 2.86. The molecule has 2 atom stereocenters. The highest BCUT2D eigenvalue weighted by Crippen LogP contribution is 2.32. The van der Waals surface area contributed by atoms with Crippen molar-refractivity contribution in [2.75, 3.05) is 0 Å². The van der Waals surface area contributed by atoms with Crippen molar-refractivity contribution in [3.05, 3.63) is 11.3 Å². The minimum Gasteiger partial charge on any atom is -0.395 e. The number of carbonyl (C=O) groups is 3. The van der Waals surface area contributed by atoms with E-state index in [0.29, 0.717) is 0 Å². The molecule has 4 N–H and O–H groups in total. The molecule has 6 nitrogen and oxygen atoms in total. The highest BCUT2D eigenvalue weighted by molar-refractivity contribution is 6.30. The van der Waals surface area contributed by atoms with E-state index in [9.17, 15) is 14.4 Å². The van der Waals surface area contributed by atoms with Gasteiger partial charge in [0.2, 0.25) is 11.6 Å². The molecule has 1 fully saturated rings. The number of rotatable bonds is 1. The Morgan fingerprint density at radius 3 is 2.31 bits per heavy atom. The molecule has 0 spiro atoms. The maximum absolute atomic E-state index is 11.2. The summed E-state index contributed by atoms with van der Waals surface area (Å²) in [6.45, 7) is 0. The van der Waals surface area contributed by atoms with Gasteiger partial charge in [-0.1, -0.05) is 0 Å². The summed E-state index contributed by atoms with van der Waals surface area (Å²) in [4.78, 5) is 33.1. The van der Waals surface area contributed by atoms with Crippen LogP contribution in [0.5, 0.6) is 0 Å². The average Bonchev–Trinajstić information content (AvgIpc) is 2.79. The lowest BCUT2D eigenvalue weighted by atomic mass is 9.94. The van der Waals surface area contributed by atoms with Gasteiger partial charge in [-0.3, -0.25) is 14.4 Å². The molecule has 1 aliphatic heterocycles. The van der Waals surface area contributed by atoms with E-state index in [1.54, 1.807) is 0 Å². The van der Waals surface area contributed by atoms with Crippen LogP contribution in [-0.2, 0) is 19.1 Å². The number of nitrogens with two attached hydrogens (primary N) is 2. The molecule has 2 unspecified atom stereocenters. The lowest BCUT2D eigenvalue weighted by Gasteiger charge is -2.08. The van der Waals surface area contributed by atoms with E-state index in [-0.39, 0.29) is 5.70 Å². The molecule has 1 amide bonds. The Bertz CT molecular complexity index is 371. The summed E-state index contributed by atoms with van der Waals surface area (Å²) in [7, 11) is 0. The molecule has 0 bridgehead atoms. The second kappa shape index (κ2) is 2.17. The lowest BCUT2D eigenvalue weighted by molar-refractivity contribution is -0.124. The summed E-state index contributed by atoms with van der Waals surface area (Å²) in [5.41, 5.74) is 9.34. The highest BCUT2D eigenvalue weighted by Gasteiger charge is 2.56. The van der Waals surface area contributed by atoms with Crippen molar-refractivity contribution in [2.45, 2.75) is 12.2 Å². The number of ketones is 2. The Morgan fingerprint density at radius 2 is 1.77 bits per heavy atom. The molecule has 0 aromatic heterocycles. The van der Waals surface area contributed by atoms with Crippen molar-refractivity contribution in [1.82, 2.24) is 0 Å². The van der Waals surface area contributed by atoms with Gasteiger partial charge in [0, 0.05) is 0 Å².